The first-order valence-electron chi connectivity index (χ1n) is 10.3. The van der Waals surface area contributed by atoms with Crippen molar-refractivity contribution in [2.45, 2.75) is 64.1 Å². The molecule has 0 radical (unpaired) electrons. The van der Waals surface area contributed by atoms with Crippen LogP contribution in [0, 0.1) is 11.3 Å². The Kier molecular flexibility index (Phi) is 5.86. The van der Waals surface area contributed by atoms with Crippen molar-refractivity contribution in [1.29, 1.82) is 0 Å². The zero-order valence-electron chi connectivity index (χ0n) is 18.2. The second-order valence-corrected chi connectivity index (χ2v) is 8.67. The Hall–Kier alpha value is -2.90. The lowest BCUT2D eigenvalue weighted by Crippen LogP contribution is -2.65. The van der Waals surface area contributed by atoms with E-state index in [4.69, 9.17) is 19.3 Å². The Bertz CT molecular complexity index is 913. The van der Waals surface area contributed by atoms with Crippen LogP contribution in [0.3, 0.4) is 0 Å². The summed E-state index contributed by atoms with van der Waals surface area (Å²) in [5.74, 6) is -2.83. The van der Waals surface area contributed by atoms with Crippen LogP contribution < -0.4 is 0 Å². The first-order chi connectivity index (χ1) is 14.5. The first kappa shape index (κ1) is 22.8. The van der Waals surface area contributed by atoms with Crippen LogP contribution in [0.4, 0.5) is 0 Å². The van der Waals surface area contributed by atoms with Gasteiger partial charge in [0.2, 0.25) is 0 Å². The third-order valence-corrected chi connectivity index (χ3v) is 6.97. The molecule has 8 nitrogen and oxygen atoms in total. The average molecular weight is 432 g/mol. The zero-order valence-corrected chi connectivity index (χ0v) is 18.2. The zero-order chi connectivity index (χ0) is 23.0. The van der Waals surface area contributed by atoms with Crippen molar-refractivity contribution in [2.24, 2.45) is 11.3 Å². The van der Waals surface area contributed by atoms with Gasteiger partial charge in [-0.2, -0.15) is 0 Å². The molecule has 0 aromatic heterocycles. The minimum Gasteiger partial charge on any atom is -0.478 e. The highest BCUT2D eigenvalue weighted by Crippen LogP contribution is 2.65. The van der Waals surface area contributed by atoms with Gasteiger partial charge in [0.25, 0.3) is 0 Å². The van der Waals surface area contributed by atoms with Crippen LogP contribution in [0.1, 0.15) is 52.9 Å². The topological polar surface area (TPSA) is 116 Å². The van der Waals surface area contributed by atoms with Crippen LogP contribution in [-0.4, -0.2) is 47.3 Å². The molecule has 1 saturated carbocycles. The SMILES string of the molecule is COC(=O)C1=CC[C@@]23CC[C@@H]([C@@](C)(/C=C/C=C(\C)C(=O)O)OC2=O)[C@@]3(OC(C)=O)CC1. The van der Waals surface area contributed by atoms with Crippen molar-refractivity contribution in [3.8, 4) is 0 Å². The molecule has 1 saturated heterocycles. The summed E-state index contributed by atoms with van der Waals surface area (Å²) >= 11 is 0. The molecule has 0 aromatic rings. The predicted molar refractivity (Wildman–Crippen MR) is 109 cm³/mol. The first-order valence-corrected chi connectivity index (χ1v) is 10.3. The molecule has 1 N–H and O–H groups in total. The van der Waals surface area contributed by atoms with E-state index in [1.807, 2.05) is 0 Å². The van der Waals surface area contributed by atoms with Crippen LogP contribution >= 0.6 is 0 Å². The molecule has 1 heterocycles. The minimum absolute atomic E-state index is 0.138. The van der Waals surface area contributed by atoms with Gasteiger partial charge in [-0.15, -0.1) is 0 Å². The van der Waals surface area contributed by atoms with Crippen molar-refractivity contribution >= 4 is 23.9 Å². The standard InChI is InChI=1S/C23H28O8/c1-14(18(25)26)6-5-10-21(3)17-9-12-22(20(28)31-21)11-7-16(19(27)29-4)8-13-23(17,22)30-15(2)24/h5-7,10,17H,8-9,11-13H2,1-4H3,(H,25,26)/b10-5+,14-6+/t17-,21+,22+,23-/m0/s1. The third kappa shape index (κ3) is 3.58. The summed E-state index contributed by atoms with van der Waals surface area (Å²) in [4.78, 5) is 48.8. The van der Waals surface area contributed by atoms with Crippen molar-refractivity contribution in [2.75, 3.05) is 7.11 Å². The monoisotopic (exact) mass is 432 g/mol. The molecular formula is C23H28O8. The fraction of sp³-hybridized carbons (Fsp3) is 0.565. The van der Waals surface area contributed by atoms with E-state index in [9.17, 15) is 19.2 Å². The van der Waals surface area contributed by atoms with Gasteiger partial charge in [0.15, 0.2) is 0 Å². The van der Waals surface area contributed by atoms with Gasteiger partial charge in [0.05, 0.1) is 7.11 Å². The number of esters is 3. The second-order valence-electron chi connectivity index (χ2n) is 8.67. The highest BCUT2D eigenvalue weighted by molar-refractivity contribution is 5.89. The molecule has 2 fully saturated rings. The second kappa shape index (κ2) is 7.98. The number of cyclic esters (lactones) is 1. The molecule has 3 rings (SSSR count). The lowest BCUT2D eigenvalue weighted by molar-refractivity contribution is -0.235. The highest BCUT2D eigenvalue weighted by atomic mass is 16.6. The van der Waals surface area contributed by atoms with E-state index in [2.05, 4.69) is 0 Å². The molecule has 0 amide bonds. The van der Waals surface area contributed by atoms with Crippen molar-refractivity contribution in [1.82, 2.24) is 0 Å². The third-order valence-electron chi connectivity index (χ3n) is 6.97. The number of carboxylic acids is 1. The fourth-order valence-corrected chi connectivity index (χ4v) is 5.45. The normalized spacial score (nSPS) is 35.0. The number of allylic oxidation sites excluding steroid dienone is 3. The maximum Gasteiger partial charge on any atom is 0.333 e. The van der Waals surface area contributed by atoms with Crippen LogP contribution in [-0.2, 0) is 33.4 Å². The molecular weight excluding hydrogens is 404 g/mol. The maximum atomic E-state index is 13.4. The van der Waals surface area contributed by atoms with E-state index in [1.54, 1.807) is 25.2 Å². The molecule has 0 unspecified atom stereocenters. The van der Waals surface area contributed by atoms with Gasteiger partial charge in [0, 0.05) is 24.0 Å². The van der Waals surface area contributed by atoms with Crippen LogP contribution in [0.2, 0.25) is 0 Å². The van der Waals surface area contributed by atoms with Gasteiger partial charge < -0.3 is 19.3 Å². The summed E-state index contributed by atoms with van der Waals surface area (Å²) in [6.45, 7) is 4.53. The Morgan fingerprint density at radius 3 is 2.58 bits per heavy atom. The summed E-state index contributed by atoms with van der Waals surface area (Å²) in [6.07, 6.45) is 8.21. The smallest absolute Gasteiger partial charge is 0.333 e. The van der Waals surface area contributed by atoms with Crippen molar-refractivity contribution in [3.05, 3.63) is 35.5 Å². The van der Waals surface area contributed by atoms with Crippen LogP contribution in [0.25, 0.3) is 0 Å². The van der Waals surface area contributed by atoms with Gasteiger partial charge in [-0.05, 0) is 52.0 Å². The van der Waals surface area contributed by atoms with Gasteiger partial charge >= 0.3 is 23.9 Å². The van der Waals surface area contributed by atoms with Crippen molar-refractivity contribution in [3.63, 3.8) is 0 Å². The highest BCUT2D eigenvalue weighted by Gasteiger charge is 2.74. The Morgan fingerprint density at radius 1 is 1.26 bits per heavy atom. The molecule has 4 atom stereocenters. The summed E-state index contributed by atoms with van der Waals surface area (Å²) < 4.78 is 16.7. The van der Waals surface area contributed by atoms with Crippen LogP contribution in [0.5, 0.6) is 0 Å². The summed E-state index contributed by atoms with van der Waals surface area (Å²) in [5, 5.41) is 9.06. The Morgan fingerprint density at radius 2 is 1.97 bits per heavy atom. The minimum atomic E-state index is -1.13. The van der Waals surface area contributed by atoms with E-state index in [0.717, 1.165) is 0 Å². The number of aliphatic carboxylic acids is 1. The number of carbonyl (C=O) groups is 4. The van der Waals surface area contributed by atoms with Gasteiger partial charge in [-0.1, -0.05) is 18.2 Å². The van der Waals surface area contributed by atoms with Gasteiger partial charge in [-0.3, -0.25) is 9.59 Å². The number of hydrogen-bond acceptors (Lipinski definition) is 7. The lowest BCUT2D eigenvalue weighted by Gasteiger charge is -2.54. The predicted octanol–water partition coefficient (Wildman–Crippen LogP) is 2.87. The Balaban J connectivity index is 2.07. The molecule has 168 valence electrons. The van der Waals surface area contributed by atoms with E-state index in [0.29, 0.717) is 31.3 Å². The van der Waals surface area contributed by atoms with Crippen molar-refractivity contribution < 1.29 is 38.5 Å². The largest absolute Gasteiger partial charge is 0.478 e. The maximum absolute atomic E-state index is 13.4. The summed E-state index contributed by atoms with van der Waals surface area (Å²) in [7, 11) is 1.30. The van der Waals surface area contributed by atoms with Crippen LogP contribution in [0.15, 0.2) is 35.5 Å². The van der Waals surface area contributed by atoms with Gasteiger partial charge in [-0.25, -0.2) is 9.59 Å². The number of carbonyl (C=O) groups excluding carboxylic acids is 3. The summed E-state index contributed by atoms with van der Waals surface area (Å²) in [5.41, 5.74) is -2.71. The molecule has 1 aliphatic heterocycles. The average Bonchev–Trinajstić information content (AvgIpc) is 2.84. The van der Waals surface area contributed by atoms with E-state index in [1.165, 1.54) is 27.0 Å². The molecule has 2 bridgehead atoms. The summed E-state index contributed by atoms with van der Waals surface area (Å²) in [6, 6.07) is 0. The number of rotatable bonds is 5. The molecule has 0 aromatic carbocycles. The lowest BCUT2D eigenvalue weighted by atomic mass is 9.62. The Labute approximate surface area is 180 Å². The molecule has 8 heteroatoms. The molecule has 3 aliphatic rings. The number of carboxylic acid groups (broad SMARTS) is 1. The quantitative estimate of drug-likeness (QED) is 0.305. The van der Waals surface area contributed by atoms with E-state index >= 15 is 0 Å². The van der Waals surface area contributed by atoms with Gasteiger partial charge in [0.1, 0.15) is 16.6 Å². The fourth-order valence-electron chi connectivity index (χ4n) is 5.45. The van der Waals surface area contributed by atoms with E-state index in [-0.39, 0.29) is 17.9 Å². The molecule has 31 heavy (non-hydrogen) atoms. The number of hydrogen-bond donors (Lipinski definition) is 1. The number of methoxy groups -OCH3 is 1. The molecule has 0 spiro atoms. The molecule has 2 aliphatic carbocycles. The van der Waals surface area contributed by atoms with E-state index < -0.39 is 40.5 Å². The number of ether oxygens (including phenoxy) is 3.